The summed E-state index contributed by atoms with van der Waals surface area (Å²) >= 11 is 0. The van der Waals surface area contributed by atoms with E-state index in [-0.39, 0.29) is 23.9 Å². The topological polar surface area (TPSA) is 92.5 Å². The van der Waals surface area contributed by atoms with Crippen LogP contribution in [-0.4, -0.2) is 46.7 Å². The van der Waals surface area contributed by atoms with Crippen molar-refractivity contribution in [1.82, 2.24) is 14.1 Å². The van der Waals surface area contributed by atoms with E-state index in [9.17, 15) is 13.2 Å². The summed E-state index contributed by atoms with van der Waals surface area (Å²) in [6, 6.07) is 7.12. The lowest BCUT2D eigenvalue weighted by molar-refractivity contribution is -0.138. The molecule has 0 aliphatic carbocycles. The van der Waals surface area contributed by atoms with Gasteiger partial charge in [0.05, 0.1) is 5.52 Å². The summed E-state index contributed by atoms with van der Waals surface area (Å²) in [4.78, 5) is 10.9. The normalized spacial score (nSPS) is 20.0. The van der Waals surface area contributed by atoms with E-state index in [1.807, 2.05) is 6.07 Å². The summed E-state index contributed by atoms with van der Waals surface area (Å²) in [5.74, 6) is -1.03. The van der Waals surface area contributed by atoms with E-state index in [0.29, 0.717) is 23.9 Å². The molecule has 0 radical (unpaired) electrons. The molecule has 2 heterocycles. The maximum absolute atomic E-state index is 13.0. The van der Waals surface area contributed by atoms with Gasteiger partial charge in [-0.05, 0) is 30.9 Å². The molecule has 3 rings (SSSR count). The van der Waals surface area contributed by atoms with Crippen molar-refractivity contribution in [2.75, 3.05) is 13.1 Å². The number of hydrogen-bond donors (Lipinski definition) is 1. The summed E-state index contributed by atoms with van der Waals surface area (Å²) in [5, 5.41) is 14.0. The summed E-state index contributed by atoms with van der Waals surface area (Å²) in [6.45, 7) is 0.659. The SMILES string of the molecule is Cn1nc2ccccc2c1S(=O)(=O)N1CCC[C@@H](CC(=O)O)C1. The number of aliphatic carboxylic acids is 1. The molecule has 1 fully saturated rings. The Labute approximate surface area is 134 Å². The van der Waals surface area contributed by atoms with Crippen molar-refractivity contribution in [3.05, 3.63) is 24.3 Å². The van der Waals surface area contributed by atoms with Crippen LogP contribution in [-0.2, 0) is 21.9 Å². The fraction of sp³-hybridized carbons (Fsp3) is 0.467. The predicted molar refractivity (Wildman–Crippen MR) is 84.4 cm³/mol. The number of rotatable bonds is 4. The first-order valence-electron chi connectivity index (χ1n) is 7.53. The van der Waals surface area contributed by atoms with Gasteiger partial charge in [-0.1, -0.05) is 12.1 Å². The smallest absolute Gasteiger partial charge is 0.303 e. The molecule has 1 atom stereocenters. The van der Waals surface area contributed by atoms with Crippen LogP contribution >= 0.6 is 0 Å². The van der Waals surface area contributed by atoms with E-state index >= 15 is 0 Å². The lowest BCUT2D eigenvalue weighted by atomic mass is 9.96. The van der Waals surface area contributed by atoms with E-state index in [1.165, 1.54) is 8.99 Å². The first kappa shape index (κ1) is 15.9. The minimum absolute atomic E-state index is 0.00183. The number of carboxylic acids is 1. The van der Waals surface area contributed by atoms with Crippen LogP contribution < -0.4 is 0 Å². The maximum Gasteiger partial charge on any atom is 0.303 e. The van der Waals surface area contributed by atoms with Crippen LogP contribution in [0.2, 0.25) is 0 Å². The van der Waals surface area contributed by atoms with Crippen molar-refractivity contribution >= 4 is 26.9 Å². The number of hydrogen-bond acceptors (Lipinski definition) is 4. The van der Waals surface area contributed by atoms with Gasteiger partial charge in [-0.3, -0.25) is 9.48 Å². The minimum atomic E-state index is -3.70. The Hall–Kier alpha value is -1.93. The molecule has 124 valence electrons. The van der Waals surface area contributed by atoms with Crippen molar-refractivity contribution < 1.29 is 18.3 Å². The summed E-state index contributed by atoms with van der Waals surface area (Å²) in [5.41, 5.74) is 0.632. The van der Waals surface area contributed by atoms with Crippen LogP contribution in [0.4, 0.5) is 0 Å². The van der Waals surface area contributed by atoms with Crippen LogP contribution in [0.25, 0.3) is 10.9 Å². The van der Waals surface area contributed by atoms with Crippen LogP contribution in [0, 0.1) is 5.92 Å². The average molecular weight is 337 g/mol. The van der Waals surface area contributed by atoms with Crippen molar-refractivity contribution in [3.8, 4) is 0 Å². The second-order valence-corrected chi connectivity index (χ2v) is 7.77. The highest BCUT2D eigenvalue weighted by Crippen LogP contribution is 2.29. The van der Waals surface area contributed by atoms with E-state index in [2.05, 4.69) is 5.10 Å². The van der Waals surface area contributed by atoms with Gasteiger partial charge in [0.1, 0.15) is 0 Å². The van der Waals surface area contributed by atoms with Gasteiger partial charge in [-0.25, -0.2) is 8.42 Å². The van der Waals surface area contributed by atoms with Gasteiger partial charge in [0.15, 0.2) is 5.03 Å². The second-order valence-electron chi connectivity index (χ2n) is 5.92. The zero-order valence-corrected chi connectivity index (χ0v) is 13.7. The Bertz CT molecular complexity index is 844. The van der Waals surface area contributed by atoms with Gasteiger partial charge < -0.3 is 5.11 Å². The fourth-order valence-electron chi connectivity index (χ4n) is 3.21. The molecule has 0 unspecified atom stereocenters. The zero-order valence-electron chi connectivity index (χ0n) is 12.8. The molecule has 1 N–H and O–H groups in total. The minimum Gasteiger partial charge on any atom is -0.481 e. The average Bonchev–Trinajstić information content (AvgIpc) is 2.83. The highest BCUT2D eigenvalue weighted by atomic mass is 32.2. The highest BCUT2D eigenvalue weighted by Gasteiger charge is 2.34. The fourth-order valence-corrected chi connectivity index (χ4v) is 5.06. The molecule has 0 amide bonds. The number of piperidine rings is 1. The highest BCUT2D eigenvalue weighted by molar-refractivity contribution is 7.89. The number of benzene rings is 1. The Morgan fingerprint density at radius 3 is 2.87 bits per heavy atom. The first-order chi connectivity index (χ1) is 10.9. The Balaban J connectivity index is 1.97. The molecule has 1 saturated heterocycles. The van der Waals surface area contributed by atoms with Gasteiger partial charge >= 0.3 is 5.97 Å². The molecule has 1 aromatic heterocycles. The molecule has 0 spiro atoms. The lowest BCUT2D eigenvalue weighted by Gasteiger charge is -2.31. The standard InChI is InChI=1S/C15H19N3O4S/c1-17-15(12-6-2-3-7-13(12)16-17)23(21,22)18-8-4-5-11(10-18)9-14(19)20/h2-3,6-7,11H,4-5,8-10H2,1H3,(H,19,20)/t11-/m0/s1. The number of aryl methyl sites for hydroxylation is 1. The van der Waals surface area contributed by atoms with Gasteiger partial charge in [-0.2, -0.15) is 9.40 Å². The maximum atomic E-state index is 13.0. The molecule has 1 aliphatic heterocycles. The number of carbonyl (C=O) groups is 1. The third-order valence-electron chi connectivity index (χ3n) is 4.22. The molecular weight excluding hydrogens is 318 g/mol. The third kappa shape index (κ3) is 2.96. The number of carboxylic acid groups (broad SMARTS) is 1. The van der Waals surface area contributed by atoms with Gasteiger partial charge in [0.25, 0.3) is 10.0 Å². The first-order valence-corrected chi connectivity index (χ1v) is 8.97. The Kier molecular flexibility index (Phi) is 4.11. The van der Waals surface area contributed by atoms with E-state index < -0.39 is 16.0 Å². The molecule has 0 bridgehead atoms. The molecule has 8 heteroatoms. The van der Waals surface area contributed by atoms with Crippen molar-refractivity contribution in [3.63, 3.8) is 0 Å². The number of aromatic nitrogens is 2. The largest absolute Gasteiger partial charge is 0.481 e. The monoisotopic (exact) mass is 337 g/mol. The van der Waals surface area contributed by atoms with Crippen LogP contribution in [0.5, 0.6) is 0 Å². The second kappa shape index (κ2) is 5.93. The number of sulfonamides is 1. The molecule has 7 nitrogen and oxygen atoms in total. The molecule has 2 aromatic rings. The number of fused-ring (bicyclic) bond motifs is 1. The van der Waals surface area contributed by atoms with Gasteiger partial charge in [0.2, 0.25) is 0 Å². The van der Waals surface area contributed by atoms with Crippen LogP contribution in [0.3, 0.4) is 0 Å². The third-order valence-corrected chi connectivity index (χ3v) is 6.20. The predicted octanol–water partition coefficient (Wildman–Crippen LogP) is 1.45. The molecule has 23 heavy (non-hydrogen) atoms. The molecule has 1 aliphatic rings. The van der Waals surface area contributed by atoms with Crippen molar-refractivity contribution in [2.24, 2.45) is 13.0 Å². The van der Waals surface area contributed by atoms with E-state index in [4.69, 9.17) is 5.11 Å². The van der Waals surface area contributed by atoms with E-state index in [0.717, 1.165) is 6.42 Å². The Morgan fingerprint density at radius 1 is 1.39 bits per heavy atom. The summed E-state index contributed by atoms with van der Waals surface area (Å²) in [6.07, 6.45) is 1.41. The quantitative estimate of drug-likeness (QED) is 0.911. The van der Waals surface area contributed by atoms with Gasteiger partial charge in [-0.15, -0.1) is 0 Å². The van der Waals surface area contributed by atoms with Crippen molar-refractivity contribution in [1.29, 1.82) is 0 Å². The van der Waals surface area contributed by atoms with Crippen molar-refractivity contribution in [2.45, 2.75) is 24.3 Å². The lowest BCUT2D eigenvalue weighted by Crippen LogP contribution is -2.41. The van der Waals surface area contributed by atoms with E-state index in [1.54, 1.807) is 25.2 Å². The Morgan fingerprint density at radius 2 is 2.13 bits per heavy atom. The molecule has 1 aromatic carbocycles. The summed E-state index contributed by atoms with van der Waals surface area (Å²) < 4.78 is 28.9. The summed E-state index contributed by atoms with van der Waals surface area (Å²) in [7, 11) is -2.09. The van der Waals surface area contributed by atoms with Crippen LogP contribution in [0.1, 0.15) is 19.3 Å². The van der Waals surface area contributed by atoms with Gasteiger partial charge in [0, 0.05) is 31.9 Å². The number of nitrogens with zero attached hydrogens (tertiary/aromatic N) is 3. The molecular formula is C15H19N3O4S. The van der Waals surface area contributed by atoms with Crippen LogP contribution in [0.15, 0.2) is 29.3 Å². The molecule has 0 saturated carbocycles. The zero-order chi connectivity index (χ0) is 16.6.